The number of rotatable bonds is 6. The molecule has 2 fully saturated rings. The first kappa shape index (κ1) is 17.4. The van der Waals surface area contributed by atoms with E-state index in [1.165, 1.54) is 38.5 Å². The van der Waals surface area contributed by atoms with E-state index in [0.717, 1.165) is 24.3 Å². The van der Waals surface area contributed by atoms with Crippen molar-refractivity contribution in [3.05, 3.63) is 24.2 Å². The summed E-state index contributed by atoms with van der Waals surface area (Å²) in [4.78, 5) is 23.5. The van der Waals surface area contributed by atoms with Crippen LogP contribution in [-0.2, 0) is 0 Å². The van der Waals surface area contributed by atoms with Gasteiger partial charge in [0.15, 0.2) is 5.65 Å². The third-order valence-corrected chi connectivity index (χ3v) is 5.56. The maximum absolute atomic E-state index is 12.4. The Morgan fingerprint density at radius 3 is 2.77 bits per heavy atom. The number of fused-ring (bicyclic) bond motifs is 1. The van der Waals surface area contributed by atoms with Crippen molar-refractivity contribution >= 4 is 17.1 Å². The van der Waals surface area contributed by atoms with E-state index in [2.05, 4.69) is 24.8 Å². The van der Waals surface area contributed by atoms with Crippen molar-refractivity contribution in [1.29, 1.82) is 0 Å². The molecule has 1 saturated heterocycles. The van der Waals surface area contributed by atoms with Crippen LogP contribution >= 0.6 is 0 Å². The summed E-state index contributed by atoms with van der Waals surface area (Å²) in [6.45, 7) is 2.94. The Kier molecular flexibility index (Phi) is 5.17. The van der Waals surface area contributed by atoms with E-state index >= 15 is 0 Å². The summed E-state index contributed by atoms with van der Waals surface area (Å²) in [5.74, 6) is -0.213. The Bertz CT molecular complexity index is 762. The number of nitrogens with zero attached hydrogens (tertiary/aromatic N) is 4. The SMILES string of the molecule is O=C(NCC(O)CN1CCCC1)c1cnc2c(c1)ncn2C1CCCC1. The third-order valence-electron chi connectivity index (χ3n) is 5.56. The molecule has 2 aromatic rings. The Morgan fingerprint density at radius 1 is 1.23 bits per heavy atom. The average molecular weight is 357 g/mol. The summed E-state index contributed by atoms with van der Waals surface area (Å²) in [6.07, 6.45) is 10.1. The van der Waals surface area contributed by atoms with Gasteiger partial charge in [-0.2, -0.15) is 0 Å². The second-order valence-electron chi connectivity index (χ2n) is 7.53. The van der Waals surface area contributed by atoms with Crippen molar-refractivity contribution in [1.82, 2.24) is 24.8 Å². The van der Waals surface area contributed by atoms with Crippen LogP contribution in [0.4, 0.5) is 0 Å². The number of pyridine rings is 1. The van der Waals surface area contributed by atoms with E-state index in [4.69, 9.17) is 0 Å². The molecule has 140 valence electrons. The van der Waals surface area contributed by atoms with E-state index in [-0.39, 0.29) is 12.5 Å². The van der Waals surface area contributed by atoms with E-state index < -0.39 is 6.10 Å². The highest BCUT2D eigenvalue weighted by Crippen LogP contribution is 2.31. The molecule has 1 unspecified atom stereocenters. The lowest BCUT2D eigenvalue weighted by atomic mass is 10.2. The molecule has 7 nitrogen and oxygen atoms in total. The Hall–Kier alpha value is -1.99. The van der Waals surface area contributed by atoms with Gasteiger partial charge in [0.05, 0.1) is 18.0 Å². The van der Waals surface area contributed by atoms with E-state index in [0.29, 0.717) is 18.2 Å². The summed E-state index contributed by atoms with van der Waals surface area (Å²) in [7, 11) is 0. The van der Waals surface area contributed by atoms with Gasteiger partial charge >= 0.3 is 0 Å². The number of hydrogen-bond donors (Lipinski definition) is 2. The average Bonchev–Trinajstić information content (AvgIpc) is 3.39. The first-order valence-electron chi connectivity index (χ1n) is 9.72. The molecule has 1 saturated carbocycles. The number of β-amino-alcohol motifs (C(OH)–C–C–N with tert-alkyl or cyclic N) is 1. The fraction of sp³-hybridized carbons (Fsp3) is 0.632. The van der Waals surface area contributed by atoms with Crippen LogP contribution in [0.1, 0.15) is 54.9 Å². The minimum absolute atomic E-state index is 0.213. The summed E-state index contributed by atoms with van der Waals surface area (Å²) in [5, 5.41) is 12.9. The van der Waals surface area contributed by atoms with Crippen molar-refractivity contribution in [2.45, 2.75) is 50.7 Å². The molecule has 0 aromatic carbocycles. The zero-order valence-electron chi connectivity index (χ0n) is 15.1. The van der Waals surface area contributed by atoms with Gasteiger partial charge in [-0.1, -0.05) is 12.8 Å². The van der Waals surface area contributed by atoms with Gasteiger partial charge in [0, 0.05) is 25.3 Å². The fourth-order valence-corrected chi connectivity index (χ4v) is 4.13. The molecular weight excluding hydrogens is 330 g/mol. The molecular formula is C19H27N5O2. The first-order chi connectivity index (χ1) is 12.7. The monoisotopic (exact) mass is 357 g/mol. The number of nitrogens with one attached hydrogen (secondary N) is 1. The summed E-state index contributed by atoms with van der Waals surface area (Å²) in [6, 6.07) is 2.27. The topological polar surface area (TPSA) is 83.3 Å². The second kappa shape index (κ2) is 7.72. The zero-order valence-corrected chi connectivity index (χ0v) is 15.1. The molecule has 1 atom stereocenters. The highest BCUT2D eigenvalue weighted by atomic mass is 16.3. The molecule has 0 spiro atoms. The van der Waals surface area contributed by atoms with Gasteiger partial charge in [-0.15, -0.1) is 0 Å². The van der Waals surface area contributed by atoms with Crippen molar-refractivity contribution in [2.75, 3.05) is 26.2 Å². The summed E-state index contributed by atoms with van der Waals surface area (Å²) in [5.41, 5.74) is 2.09. The van der Waals surface area contributed by atoms with Crippen LogP contribution in [0.5, 0.6) is 0 Å². The van der Waals surface area contributed by atoms with Gasteiger partial charge in [0.2, 0.25) is 0 Å². The fourth-order valence-electron chi connectivity index (χ4n) is 4.13. The van der Waals surface area contributed by atoms with E-state index in [9.17, 15) is 9.90 Å². The number of aliphatic hydroxyl groups excluding tert-OH is 1. The van der Waals surface area contributed by atoms with Crippen molar-refractivity contribution in [2.24, 2.45) is 0 Å². The molecule has 3 heterocycles. The minimum Gasteiger partial charge on any atom is -0.390 e. The predicted molar refractivity (Wildman–Crippen MR) is 99.0 cm³/mol. The number of likely N-dealkylation sites (tertiary alicyclic amines) is 1. The number of aromatic nitrogens is 3. The molecule has 26 heavy (non-hydrogen) atoms. The quantitative estimate of drug-likeness (QED) is 0.823. The van der Waals surface area contributed by atoms with Crippen LogP contribution in [0.2, 0.25) is 0 Å². The van der Waals surface area contributed by atoms with Crippen LogP contribution < -0.4 is 5.32 Å². The number of carbonyl (C=O) groups excluding carboxylic acids is 1. The van der Waals surface area contributed by atoms with Crippen LogP contribution in [-0.4, -0.2) is 62.7 Å². The van der Waals surface area contributed by atoms with E-state index in [1.807, 2.05) is 6.33 Å². The smallest absolute Gasteiger partial charge is 0.253 e. The maximum atomic E-state index is 12.4. The van der Waals surface area contributed by atoms with Gasteiger partial charge in [-0.3, -0.25) is 4.79 Å². The van der Waals surface area contributed by atoms with E-state index in [1.54, 1.807) is 12.3 Å². The molecule has 2 N–H and O–H groups in total. The molecule has 1 aliphatic carbocycles. The zero-order chi connectivity index (χ0) is 17.9. The Morgan fingerprint density at radius 2 is 2.00 bits per heavy atom. The second-order valence-corrected chi connectivity index (χ2v) is 7.53. The lowest BCUT2D eigenvalue weighted by molar-refractivity contribution is 0.0879. The molecule has 1 amide bonds. The molecule has 2 aromatic heterocycles. The number of aliphatic hydroxyl groups is 1. The third kappa shape index (κ3) is 3.73. The standard InChI is InChI=1S/C19H27N5O2/c25-16(12-23-7-3-4-8-23)11-21-19(26)14-9-17-18(20-10-14)24(13-22-17)15-5-1-2-6-15/h9-10,13,15-16,25H,1-8,11-12H2,(H,21,26). The van der Waals surface area contributed by atoms with Crippen LogP contribution in [0.25, 0.3) is 11.2 Å². The van der Waals surface area contributed by atoms with Gasteiger partial charge < -0.3 is 19.9 Å². The van der Waals surface area contributed by atoms with Crippen molar-refractivity contribution in [3.8, 4) is 0 Å². The van der Waals surface area contributed by atoms with Crippen LogP contribution in [0.15, 0.2) is 18.6 Å². The number of hydrogen-bond acceptors (Lipinski definition) is 5. The molecule has 0 radical (unpaired) electrons. The highest BCUT2D eigenvalue weighted by molar-refractivity contribution is 5.96. The number of carbonyl (C=O) groups is 1. The Balaban J connectivity index is 1.37. The maximum Gasteiger partial charge on any atom is 0.253 e. The largest absolute Gasteiger partial charge is 0.390 e. The van der Waals surface area contributed by atoms with Crippen LogP contribution in [0, 0.1) is 0 Å². The summed E-state index contributed by atoms with van der Waals surface area (Å²) >= 11 is 0. The normalized spacial score (nSPS) is 20.0. The lowest BCUT2D eigenvalue weighted by Crippen LogP contribution is -2.39. The van der Waals surface area contributed by atoms with Gasteiger partial charge in [-0.05, 0) is 44.8 Å². The van der Waals surface area contributed by atoms with Crippen molar-refractivity contribution < 1.29 is 9.90 Å². The first-order valence-corrected chi connectivity index (χ1v) is 9.72. The molecule has 4 rings (SSSR count). The number of amides is 1. The molecule has 7 heteroatoms. The highest BCUT2D eigenvalue weighted by Gasteiger charge is 2.20. The van der Waals surface area contributed by atoms with Crippen molar-refractivity contribution in [3.63, 3.8) is 0 Å². The molecule has 0 bridgehead atoms. The molecule has 1 aliphatic heterocycles. The summed E-state index contributed by atoms with van der Waals surface area (Å²) < 4.78 is 2.14. The minimum atomic E-state index is -0.546. The number of imidazole rings is 1. The van der Waals surface area contributed by atoms with Gasteiger partial charge in [0.1, 0.15) is 5.52 Å². The molecule has 2 aliphatic rings. The predicted octanol–water partition coefficient (Wildman–Crippen LogP) is 1.73. The van der Waals surface area contributed by atoms with Crippen LogP contribution in [0.3, 0.4) is 0 Å². The Labute approximate surface area is 153 Å². The van der Waals surface area contributed by atoms with Gasteiger partial charge in [0.25, 0.3) is 5.91 Å². The van der Waals surface area contributed by atoms with Gasteiger partial charge in [-0.25, -0.2) is 9.97 Å². The lowest BCUT2D eigenvalue weighted by Gasteiger charge is -2.19.